The molecule has 1 N–H and O–H groups in total. The summed E-state index contributed by atoms with van der Waals surface area (Å²) in [4.78, 5) is 11.9. The van der Waals surface area contributed by atoms with Crippen molar-refractivity contribution in [1.82, 2.24) is 24.4 Å². The molecule has 3 aromatic heterocycles. The maximum Gasteiger partial charge on any atom is 0.207 e. The van der Waals surface area contributed by atoms with E-state index in [1.54, 1.807) is 6.20 Å². The lowest BCUT2D eigenvalue weighted by Gasteiger charge is -2.30. The average molecular weight is 494 g/mol. The van der Waals surface area contributed by atoms with Gasteiger partial charge in [-0.25, -0.2) is 9.71 Å². The van der Waals surface area contributed by atoms with E-state index in [-0.39, 0.29) is 12.0 Å². The Balaban J connectivity index is 1.50. The number of aromatic nitrogens is 4. The van der Waals surface area contributed by atoms with Crippen LogP contribution in [0.1, 0.15) is 29.6 Å². The van der Waals surface area contributed by atoms with Gasteiger partial charge in [0.1, 0.15) is 23.9 Å². The minimum absolute atomic E-state index is 0.144. The van der Waals surface area contributed by atoms with Crippen LogP contribution in [0.15, 0.2) is 41.1 Å². The van der Waals surface area contributed by atoms with Gasteiger partial charge in [-0.15, -0.1) is 0 Å². The first-order valence-electron chi connectivity index (χ1n) is 11.6. The Labute approximate surface area is 204 Å². The van der Waals surface area contributed by atoms with Gasteiger partial charge in [-0.3, -0.25) is 13.8 Å². The number of hydrogen-bond donors (Lipinski definition) is 1. The van der Waals surface area contributed by atoms with Gasteiger partial charge in [-0.05, 0) is 50.5 Å². The molecular formula is C24H25N6O4S-. The SMILES string of the molecule is Cc1noc(C)c1-c1ccc2nc(N3CC[C@@H](CNS(=O)[O-])C3)n3c2c1OC[C@@H]3c1ccccn1. The van der Waals surface area contributed by atoms with Crippen LogP contribution in [0.5, 0.6) is 5.75 Å². The van der Waals surface area contributed by atoms with E-state index in [0.717, 1.165) is 70.5 Å². The van der Waals surface area contributed by atoms with Gasteiger partial charge < -0.3 is 18.7 Å². The number of nitrogens with zero attached hydrogens (tertiary/aromatic N) is 5. The van der Waals surface area contributed by atoms with Gasteiger partial charge in [0.15, 0.2) is 5.75 Å². The Hall–Kier alpha value is -3.28. The first-order valence-corrected chi connectivity index (χ1v) is 12.7. The quantitative estimate of drug-likeness (QED) is 0.407. The lowest BCUT2D eigenvalue weighted by atomic mass is 10.0. The molecule has 0 aliphatic carbocycles. The Morgan fingerprint density at radius 2 is 2.14 bits per heavy atom. The molecule has 0 saturated carbocycles. The van der Waals surface area contributed by atoms with Crippen LogP contribution >= 0.6 is 0 Å². The van der Waals surface area contributed by atoms with E-state index in [4.69, 9.17) is 14.2 Å². The predicted octanol–water partition coefficient (Wildman–Crippen LogP) is 2.89. The maximum atomic E-state index is 11.0. The van der Waals surface area contributed by atoms with Crippen LogP contribution in [0.25, 0.3) is 22.2 Å². The summed E-state index contributed by atoms with van der Waals surface area (Å²) in [5.41, 5.74) is 5.34. The minimum atomic E-state index is -2.26. The highest BCUT2D eigenvalue weighted by Gasteiger charge is 2.35. The lowest BCUT2D eigenvalue weighted by Crippen LogP contribution is -2.31. The summed E-state index contributed by atoms with van der Waals surface area (Å²) in [7, 11) is 0. The van der Waals surface area contributed by atoms with Crippen LogP contribution in [0.4, 0.5) is 5.95 Å². The molecule has 0 spiro atoms. The van der Waals surface area contributed by atoms with Crippen molar-refractivity contribution in [3.8, 4) is 16.9 Å². The molecule has 3 atom stereocenters. The fourth-order valence-electron chi connectivity index (χ4n) is 5.27. The fourth-order valence-corrected chi connectivity index (χ4v) is 5.64. The standard InChI is InChI=1S/C24H26N6O4S/c1-14-21(15(2)34-28-14)17-6-7-19-22-23(17)33-13-20(18-5-3-4-9-25-18)30(22)24(27-19)29-10-8-16(12-29)11-26-35(31)32/h3-7,9,16,20,26H,8,10-13H2,1-2H3,(H,31,32)/p-1/t16-,20+/m0/s1. The predicted molar refractivity (Wildman–Crippen MR) is 130 cm³/mol. The van der Waals surface area contributed by atoms with Gasteiger partial charge in [-0.2, -0.15) is 0 Å². The minimum Gasteiger partial charge on any atom is -0.760 e. The molecule has 4 aromatic rings. The summed E-state index contributed by atoms with van der Waals surface area (Å²) in [5.74, 6) is 2.57. The molecule has 5 heterocycles. The highest BCUT2D eigenvalue weighted by atomic mass is 32.2. The van der Waals surface area contributed by atoms with Crippen LogP contribution in [0.2, 0.25) is 0 Å². The van der Waals surface area contributed by atoms with E-state index in [2.05, 4.69) is 24.3 Å². The summed E-state index contributed by atoms with van der Waals surface area (Å²) in [5, 5.41) is 4.14. The molecule has 182 valence electrons. The number of benzene rings is 1. The van der Waals surface area contributed by atoms with Gasteiger partial charge >= 0.3 is 0 Å². The molecule has 11 heteroatoms. The zero-order valence-electron chi connectivity index (χ0n) is 19.4. The summed E-state index contributed by atoms with van der Waals surface area (Å²) in [6, 6.07) is 9.78. The molecule has 1 aromatic carbocycles. The molecule has 1 unspecified atom stereocenters. The number of rotatable bonds is 6. The van der Waals surface area contributed by atoms with Crippen LogP contribution in [0, 0.1) is 19.8 Å². The summed E-state index contributed by atoms with van der Waals surface area (Å²) < 4.78 is 38.6. The van der Waals surface area contributed by atoms with Gasteiger partial charge in [0.05, 0.1) is 22.5 Å². The molecule has 2 aliphatic heterocycles. The second-order valence-electron chi connectivity index (χ2n) is 9.06. The number of hydrogen-bond acceptors (Lipinski definition) is 8. The second kappa shape index (κ2) is 8.74. The van der Waals surface area contributed by atoms with Gasteiger partial charge in [0, 0.05) is 42.7 Å². The first kappa shape index (κ1) is 22.2. The fraction of sp³-hybridized carbons (Fsp3) is 0.375. The van der Waals surface area contributed by atoms with Crippen molar-refractivity contribution >= 4 is 28.2 Å². The van der Waals surface area contributed by atoms with Crippen molar-refractivity contribution in [2.24, 2.45) is 5.92 Å². The van der Waals surface area contributed by atoms with E-state index < -0.39 is 11.3 Å². The van der Waals surface area contributed by atoms with Gasteiger partial charge in [-0.1, -0.05) is 11.2 Å². The van der Waals surface area contributed by atoms with E-state index in [0.29, 0.717) is 13.2 Å². The van der Waals surface area contributed by atoms with Crippen molar-refractivity contribution in [2.45, 2.75) is 26.3 Å². The third-order valence-electron chi connectivity index (χ3n) is 6.87. The topological polar surface area (TPSA) is 121 Å². The van der Waals surface area contributed by atoms with Gasteiger partial charge in [0.25, 0.3) is 0 Å². The monoisotopic (exact) mass is 493 g/mol. The van der Waals surface area contributed by atoms with Crippen LogP contribution < -0.4 is 14.4 Å². The number of aryl methyl sites for hydroxylation is 2. The van der Waals surface area contributed by atoms with Crippen molar-refractivity contribution in [3.05, 3.63) is 53.7 Å². The Bertz CT molecular complexity index is 1400. The summed E-state index contributed by atoms with van der Waals surface area (Å²) >= 11 is -2.26. The van der Waals surface area contributed by atoms with E-state index >= 15 is 0 Å². The number of nitrogens with one attached hydrogen (secondary N) is 1. The van der Waals surface area contributed by atoms with E-state index in [1.807, 2.05) is 44.2 Å². The molecule has 0 radical (unpaired) electrons. The molecule has 35 heavy (non-hydrogen) atoms. The molecule has 10 nitrogen and oxygen atoms in total. The number of anilines is 1. The van der Waals surface area contributed by atoms with Crippen LogP contribution in [-0.2, 0) is 11.3 Å². The lowest BCUT2D eigenvalue weighted by molar-refractivity contribution is 0.258. The summed E-state index contributed by atoms with van der Waals surface area (Å²) in [6.45, 7) is 6.18. The van der Waals surface area contributed by atoms with Crippen molar-refractivity contribution in [2.75, 3.05) is 31.1 Å². The largest absolute Gasteiger partial charge is 0.760 e. The van der Waals surface area contributed by atoms with Crippen molar-refractivity contribution in [3.63, 3.8) is 0 Å². The van der Waals surface area contributed by atoms with Crippen LogP contribution in [-0.4, -0.2) is 54.7 Å². The molecule has 2 aliphatic rings. The number of pyridine rings is 1. The van der Waals surface area contributed by atoms with Crippen molar-refractivity contribution in [1.29, 1.82) is 0 Å². The van der Waals surface area contributed by atoms with Crippen LogP contribution in [0.3, 0.4) is 0 Å². The highest BCUT2D eigenvalue weighted by molar-refractivity contribution is 7.77. The average Bonchev–Trinajstić information content (AvgIpc) is 3.57. The molecule has 1 fully saturated rings. The number of ether oxygens (including phenoxy) is 1. The number of imidazole rings is 1. The zero-order valence-corrected chi connectivity index (χ0v) is 20.2. The molecule has 0 bridgehead atoms. The third-order valence-corrected chi connectivity index (χ3v) is 7.28. The smallest absolute Gasteiger partial charge is 0.207 e. The zero-order chi connectivity index (χ0) is 24.1. The van der Waals surface area contributed by atoms with E-state index in [9.17, 15) is 8.76 Å². The maximum absolute atomic E-state index is 11.0. The first-order chi connectivity index (χ1) is 17.0. The Morgan fingerprint density at radius 3 is 2.89 bits per heavy atom. The van der Waals surface area contributed by atoms with E-state index in [1.165, 1.54) is 0 Å². The Kier molecular flexibility index (Phi) is 5.54. The molecule has 1 saturated heterocycles. The normalized spacial score (nSPS) is 20.4. The Morgan fingerprint density at radius 1 is 1.26 bits per heavy atom. The van der Waals surface area contributed by atoms with Gasteiger partial charge in [0.2, 0.25) is 5.95 Å². The second-order valence-corrected chi connectivity index (χ2v) is 9.81. The van der Waals surface area contributed by atoms with Crippen molar-refractivity contribution < 1.29 is 18.0 Å². The third kappa shape index (κ3) is 3.79. The molecular weight excluding hydrogens is 468 g/mol. The molecule has 0 amide bonds. The molecule has 6 rings (SSSR count). The summed E-state index contributed by atoms with van der Waals surface area (Å²) in [6.07, 6.45) is 2.68. The highest BCUT2D eigenvalue weighted by Crippen LogP contribution is 2.46.